The average Bonchev–Trinajstić information content (AvgIpc) is 3.09. The lowest BCUT2D eigenvalue weighted by Gasteiger charge is -2.13. The van der Waals surface area contributed by atoms with Crippen LogP contribution in [0.25, 0.3) is 6.08 Å². The van der Waals surface area contributed by atoms with Gasteiger partial charge in [0.15, 0.2) is 6.61 Å². The number of nitrogens with zero attached hydrogens (tertiary/aromatic N) is 1. The topological polar surface area (TPSA) is 87.7 Å². The molecule has 3 aromatic rings. The highest BCUT2D eigenvalue weighted by molar-refractivity contribution is 6.33. The number of hydrazine groups is 1. The molecule has 7 nitrogen and oxygen atoms in total. The van der Waals surface area contributed by atoms with Gasteiger partial charge < -0.3 is 10.1 Å². The number of ether oxygens (including phenoxy) is 1. The molecule has 166 valence electrons. The van der Waals surface area contributed by atoms with Crippen molar-refractivity contribution in [3.8, 4) is 5.75 Å². The Hall–Kier alpha value is -4.17. The molecule has 1 aliphatic heterocycles. The molecule has 4 rings (SSSR count). The van der Waals surface area contributed by atoms with Crippen molar-refractivity contribution in [2.75, 3.05) is 16.9 Å². The quantitative estimate of drug-likeness (QED) is 0.426. The summed E-state index contributed by atoms with van der Waals surface area (Å²) in [5, 5.41) is 3.95. The molecule has 9 heteroatoms. The first-order valence-corrected chi connectivity index (χ1v) is 10.2. The van der Waals surface area contributed by atoms with Crippen LogP contribution in [0.4, 0.5) is 15.8 Å². The van der Waals surface area contributed by atoms with Crippen LogP contribution in [-0.4, -0.2) is 24.3 Å². The Morgan fingerprint density at radius 3 is 2.48 bits per heavy atom. The zero-order chi connectivity index (χ0) is 23.4. The number of anilines is 2. The van der Waals surface area contributed by atoms with Crippen molar-refractivity contribution < 1.29 is 23.5 Å². The van der Waals surface area contributed by atoms with Gasteiger partial charge in [-0.1, -0.05) is 35.9 Å². The lowest BCUT2D eigenvalue weighted by Crippen LogP contribution is -2.35. The van der Waals surface area contributed by atoms with E-state index in [1.807, 2.05) is 0 Å². The lowest BCUT2D eigenvalue weighted by atomic mass is 10.1. The highest BCUT2D eigenvalue weighted by Gasteiger charge is 2.34. The van der Waals surface area contributed by atoms with E-state index in [0.717, 1.165) is 0 Å². The number of nitrogens with one attached hydrogen (secondary N) is 2. The number of hydrogen-bond acceptors (Lipinski definition) is 4. The third-order valence-corrected chi connectivity index (χ3v) is 4.95. The maximum Gasteiger partial charge on any atom is 0.282 e. The normalized spacial score (nSPS) is 14.4. The van der Waals surface area contributed by atoms with Gasteiger partial charge >= 0.3 is 0 Å². The zero-order valence-corrected chi connectivity index (χ0v) is 17.8. The Balaban J connectivity index is 1.41. The van der Waals surface area contributed by atoms with Crippen LogP contribution in [0.5, 0.6) is 5.75 Å². The van der Waals surface area contributed by atoms with Crippen LogP contribution in [0.1, 0.15) is 5.56 Å². The number of para-hydroxylation sites is 1. The minimum atomic E-state index is -0.530. The van der Waals surface area contributed by atoms with Crippen LogP contribution >= 0.6 is 11.6 Å². The Morgan fingerprint density at radius 1 is 1.06 bits per heavy atom. The predicted octanol–water partition coefficient (Wildman–Crippen LogP) is 3.96. The van der Waals surface area contributed by atoms with E-state index in [-0.39, 0.29) is 23.0 Å². The standard InChI is InChI=1S/C24H17ClFN3O4/c25-20-13-15(12-19-23(31)28-29(24(19)32)18-4-2-1-3-5-18)6-11-21(20)33-14-22(30)27-17-9-7-16(26)8-10-17/h1-13H,14H2,(H,27,30)(H,28,31). The summed E-state index contributed by atoms with van der Waals surface area (Å²) in [5.41, 5.74) is 3.97. The molecule has 33 heavy (non-hydrogen) atoms. The molecule has 3 aromatic carbocycles. The van der Waals surface area contributed by atoms with Gasteiger partial charge in [-0.05, 0) is 60.2 Å². The molecule has 2 N–H and O–H groups in total. The van der Waals surface area contributed by atoms with E-state index < -0.39 is 23.5 Å². The van der Waals surface area contributed by atoms with Crippen LogP contribution in [0.15, 0.2) is 78.4 Å². The predicted molar refractivity (Wildman–Crippen MR) is 122 cm³/mol. The summed E-state index contributed by atoms with van der Waals surface area (Å²) in [6, 6.07) is 18.7. The molecule has 0 aromatic heterocycles. The first-order chi connectivity index (χ1) is 15.9. The first-order valence-electron chi connectivity index (χ1n) is 9.80. The van der Waals surface area contributed by atoms with E-state index in [1.165, 1.54) is 47.5 Å². The summed E-state index contributed by atoms with van der Waals surface area (Å²) in [6.07, 6.45) is 1.43. The van der Waals surface area contributed by atoms with E-state index in [1.54, 1.807) is 36.4 Å². The van der Waals surface area contributed by atoms with Crippen LogP contribution < -0.4 is 20.5 Å². The molecule has 0 bridgehead atoms. The summed E-state index contributed by atoms with van der Waals surface area (Å²) in [4.78, 5) is 37.0. The summed E-state index contributed by atoms with van der Waals surface area (Å²) in [7, 11) is 0. The minimum Gasteiger partial charge on any atom is -0.482 e. The minimum absolute atomic E-state index is 0.0396. The largest absolute Gasteiger partial charge is 0.482 e. The zero-order valence-electron chi connectivity index (χ0n) is 17.0. The van der Waals surface area contributed by atoms with Crippen LogP contribution in [0, 0.1) is 5.82 Å². The second kappa shape index (κ2) is 9.54. The van der Waals surface area contributed by atoms with E-state index in [4.69, 9.17) is 16.3 Å². The number of amides is 3. The number of halogens is 2. The number of benzene rings is 3. The molecule has 0 saturated carbocycles. The Morgan fingerprint density at radius 2 is 1.79 bits per heavy atom. The molecule has 0 unspecified atom stereocenters. The molecular formula is C24H17ClFN3O4. The summed E-state index contributed by atoms with van der Waals surface area (Å²) in [6.45, 7) is -0.315. The van der Waals surface area contributed by atoms with Gasteiger partial charge in [-0.25, -0.2) is 9.40 Å². The molecule has 0 aliphatic carbocycles. The van der Waals surface area contributed by atoms with Crippen LogP contribution in [0.2, 0.25) is 5.02 Å². The lowest BCUT2D eigenvalue weighted by molar-refractivity contribution is -0.118. The van der Waals surface area contributed by atoms with Crippen molar-refractivity contribution in [2.45, 2.75) is 0 Å². The highest BCUT2D eigenvalue weighted by Crippen LogP contribution is 2.28. The number of carbonyl (C=O) groups excluding carboxylic acids is 3. The van der Waals surface area contributed by atoms with Crippen molar-refractivity contribution in [1.82, 2.24) is 5.43 Å². The van der Waals surface area contributed by atoms with Gasteiger partial charge in [0, 0.05) is 5.69 Å². The first kappa shape index (κ1) is 22.0. The second-order valence-electron chi connectivity index (χ2n) is 7.01. The SMILES string of the molecule is O=C(COc1ccc(C=C2C(=O)NN(c3ccccc3)C2=O)cc1Cl)Nc1ccc(F)cc1. The third kappa shape index (κ3) is 5.19. The fourth-order valence-electron chi connectivity index (χ4n) is 3.08. The number of hydrogen-bond donors (Lipinski definition) is 2. The maximum absolute atomic E-state index is 12.9. The van der Waals surface area contributed by atoms with Crippen molar-refractivity contribution in [3.63, 3.8) is 0 Å². The summed E-state index contributed by atoms with van der Waals surface area (Å²) in [5.74, 6) is -1.62. The van der Waals surface area contributed by atoms with Gasteiger partial charge in [-0.3, -0.25) is 19.8 Å². The van der Waals surface area contributed by atoms with Crippen LogP contribution in [-0.2, 0) is 14.4 Å². The molecule has 1 fully saturated rings. The van der Waals surface area contributed by atoms with Gasteiger partial charge in [0.25, 0.3) is 17.7 Å². The Labute approximate surface area is 193 Å². The monoisotopic (exact) mass is 465 g/mol. The molecule has 0 radical (unpaired) electrons. The second-order valence-corrected chi connectivity index (χ2v) is 7.42. The number of carbonyl (C=O) groups is 3. The van der Waals surface area contributed by atoms with Gasteiger partial charge in [0.2, 0.25) is 0 Å². The fourth-order valence-corrected chi connectivity index (χ4v) is 3.32. The van der Waals surface area contributed by atoms with Crippen molar-refractivity contribution in [2.24, 2.45) is 0 Å². The Bertz CT molecular complexity index is 1250. The van der Waals surface area contributed by atoms with E-state index in [0.29, 0.717) is 16.9 Å². The van der Waals surface area contributed by atoms with E-state index in [2.05, 4.69) is 10.7 Å². The van der Waals surface area contributed by atoms with Crippen molar-refractivity contribution >= 4 is 46.8 Å². The van der Waals surface area contributed by atoms with Crippen molar-refractivity contribution in [3.05, 3.63) is 94.8 Å². The fraction of sp³-hybridized carbons (Fsp3) is 0.0417. The summed E-state index contributed by atoms with van der Waals surface area (Å²) < 4.78 is 18.4. The Kier molecular flexibility index (Phi) is 6.37. The summed E-state index contributed by atoms with van der Waals surface area (Å²) >= 11 is 6.25. The third-order valence-electron chi connectivity index (χ3n) is 4.66. The van der Waals surface area contributed by atoms with Crippen LogP contribution in [0.3, 0.4) is 0 Å². The molecule has 1 aliphatic rings. The molecule has 0 spiro atoms. The highest BCUT2D eigenvalue weighted by atomic mass is 35.5. The van der Waals surface area contributed by atoms with Gasteiger partial charge in [-0.2, -0.15) is 0 Å². The molecule has 1 saturated heterocycles. The van der Waals surface area contributed by atoms with E-state index in [9.17, 15) is 18.8 Å². The average molecular weight is 466 g/mol. The van der Waals surface area contributed by atoms with Crippen molar-refractivity contribution in [1.29, 1.82) is 0 Å². The van der Waals surface area contributed by atoms with Gasteiger partial charge in [0.1, 0.15) is 17.1 Å². The smallest absolute Gasteiger partial charge is 0.282 e. The molecule has 1 heterocycles. The maximum atomic E-state index is 12.9. The molecule has 3 amide bonds. The number of rotatable bonds is 6. The van der Waals surface area contributed by atoms with Gasteiger partial charge in [0.05, 0.1) is 10.7 Å². The van der Waals surface area contributed by atoms with Gasteiger partial charge in [-0.15, -0.1) is 0 Å². The molecule has 0 atom stereocenters. The molecular weight excluding hydrogens is 449 g/mol. The van der Waals surface area contributed by atoms with E-state index >= 15 is 0 Å².